The topological polar surface area (TPSA) is 12.5 Å². The van der Waals surface area contributed by atoms with Gasteiger partial charge >= 0.3 is 0 Å². The molecule has 0 aromatic carbocycles. The summed E-state index contributed by atoms with van der Waals surface area (Å²) in [7, 11) is -0.788. The van der Waals surface area contributed by atoms with Crippen LogP contribution >= 0.6 is 18.9 Å². The highest BCUT2D eigenvalue weighted by Crippen LogP contribution is 2.61. The fourth-order valence-corrected chi connectivity index (χ4v) is 4.56. The molecule has 2 nitrogen and oxygen atoms in total. The number of fused-ring (bicyclic) bond motifs is 1. The van der Waals surface area contributed by atoms with E-state index < -0.39 is 7.65 Å². The Morgan fingerprint density at radius 3 is 3.00 bits per heavy atom. The minimum Gasteiger partial charge on any atom is -0.324 e. The van der Waals surface area contributed by atoms with Gasteiger partial charge in [0.15, 0.2) is 0 Å². The second-order valence-corrected chi connectivity index (χ2v) is 5.76. The summed E-state index contributed by atoms with van der Waals surface area (Å²) in [5.74, 6) is 0. The molecule has 0 saturated carbocycles. The van der Waals surface area contributed by atoms with Crippen molar-refractivity contribution in [3.05, 3.63) is 0 Å². The van der Waals surface area contributed by atoms with E-state index in [4.69, 9.17) is 15.8 Å². The van der Waals surface area contributed by atoms with E-state index in [1.807, 2.05) is 0 Å². The molecule has 0 aromatic rings. The number of halogens is 1. The van der Waals surface area contributed by atoms with E-state index in [-0.39, 0.29) is 5.60 Å². The van der Waals surface area contributed by atoms with Crippen LogP contribution < -0.4 is 0 Å². The maximum absolute atomic E-state index is 6.07. The first-order chi connectivity index (χ1) is 5.11. The smallest absolute Gasteiger partial charge is 0.207 e. The molecule has 2 rings (SSSR count). The maximum atomic E-state index is 6.07. The van der Waals surface area contributed by atoms with Gasteiger partial charge in [-0.1, -0.05) is 0 Å². The second kappa shape index (κ2) is 2.56. The predicted molar refractivity (Wildman–Crippen MR) is 47.7 cm³/mol. The Morgan fingerprint density at radius 2 is 2.36 bits per heavy atom. The molecule has 0 N–H and O–H groups in total. The fourth-order valence-electron chi connectivity index (χ4n) is 1.95. The molecular weight excluding hydrogens is 181 g/mol. The Labute approximate surface area is 73.5 Å². The van der Waals surface area contributed by atoms with Gasteiger partial charge in [0.2, 0.25) is 7.65 Å². The molecule has 2 saturated heterocycles. The van der Waals surface area contributed by atoms with Crippen molar-refractivity contribution in [1.29, 1.82) is 0 Å². The summed E-state index contributed by atoms with van der Waals surface area (Å²) in [5, 5.41) is 0. The summed E-state index contributed by atoms with van der Waals surface area (Å²) in [5.41, 5.74) is -0.00997. The van der Waals surface area contributed by atoms with Crippen LogP contribution in [-0.4, -0.2) is 22.9 Å². The lowest BCUT2D eigenvalue weighted by atomic mass is 9.98. The summed E-state index contributed by atoms with van der Waals surface area (Å²) in [6.07, 6.45) is 2.53. The van der Waals surface area contributed by atoms with Gasteiger partial charge in [0, 0.05) is 12.6 Å². The van der Waals surface area contributed by atoms with Crippen LogP contribution in [0.4, 0.5) is 0 Å². The van der Waals surface area contributed by atoms with Crippen molar-refractivity contribution in [2.75, 3.05) is 6.54 Å². The highest BCUT2D eigenvalue weighted by Gasteiger charge is 2.49. The number of nitrogens with zero attached hydrogens (tertiary/aromatic N) is 1. The third kappa shape index (κ3) is 1.21. The summed E-state index contributed by atoms with van der Waals surface area (Å²) in [4.78, 5) is 0. The third-order valence-corrected chi connectivity index (χ3v) is 4.83. The quantitative estimate of drug-likeness (QED) is 0.549. The fraction of sp³-hybridized carbons (Fsp3) is 1.00. The maximum Gasteiger partial charge on any atom is 0.207 e. The molecule has 2 aliphatic heterocycles. The summed E-state index contributed by atoms with van der Waals surface area (Å²) < 4.78 is 7.99. The van der Waals surface area contributed by atoms with Crippen molar-refractivity contribution in [2.24, 2.45) is 0 Å². The molecule has 1 unspecified atom stereocenters. The molecule has 2 fully saturated rings. The normalized spacial score (nSPS) is 42.8. The van der Waals surface area contributed by atoms with E-state index >= 15 is 0 Å². The van der Waals surface area contributed by atoms with Gasteiger partial charge < -0.3 is 4.52 Å². The molecule has 2 heterocycles. The zero-order valence-corrected chi connectivity index (χ0v) is 8.53. The SMILES string of the molecule is CC1(C)OP(Cl)N2CCC[C@H]21. The molecular formula is C7H13ClNOP. The van der Waals surface area contributed by atoms with Crippen LogP contribution in [0.2, 0.25) is 0 Å². The van der Waals surface area contributed by atoms with Gasteiger partial charge in [-0.05, 0) is 37.9 Å². The molecule has 0 spiro atoms. The Bertz CT molecular complexity index is 176. The first-order valence-corrected chi connectivity index (χ1v) is 6.14. The van der Waals surface area contributed by atoms with Crippen molar-refractivity contribution in [1.82, 2.24) is 4.67 Å². The zero-order chi connectivity index (χ0) is 8.06. The van der Waals surface area contributed by atoms with Crippen molar-refractivity contribution in [3.63, 3.8) is 0 Å². The monoisotopic (exact) mass is 193 g/mol. The van der Waals surface area contributed by atoms with Gasteiger partial charge in [0.25, 0.3) is 0 Å². The Hall–Kier alpha value is 0.640. The average molecular weight is 194 g/mol. The second-order valence-electron chi connectivity index (χ2n) is 3.74. The molecule has 0 aliphatic carbocycles. The Balaban J connectivity index is 2.20. The van der Waals surface area contributed by atoms with Crippen LogP contribution in [-0.2, 0) is 4.52 Å². The Kier molecular flexibility index (Phi) is 1.92. The molecule has 0 radical (unpaired) electrons. The van der Waals surface area contributed by atoms with E-state index in [0.29, 0.717) is 6.04 Å². The summed E-state index contributed by atoms with van der Waals surface area (Å²) >= 11 is 6.07. The standard InChI is InChI=1S/C7H13ClNOP/c1-7(2)6-4-3-5-9(6)11(8)10-7/h6H,3-5H2,1-2H3/t6-,11?/m0/s1. The molecule has 64 valence electrons. The lowest BCUT2D eigenvalue weighted by Gasteiger charge is -2.23. The lowest BCUT2D eigenvalue weighted by Crippen LogP contribution is -2.35. The highest BCUT2D eigenvalue weighted by atomic mass is 35.7. The number of hydrogen-bond donors (Lipinski definition) is 0. The van der Waals surface area contributed by atoms with Gasteiger partial charge in [0.1, 0.15) is 0 Å². The van der Waals surface area contributed by atoms with E-state index in [0.717, 1.165) is 6.54 Å². The van der Waals surface area contributed by atoms with Crippen LogP contribution in [0.3, 0.4) is 0 Å². The van der Waals surface area contributed by atoms with Crippen molar-refractivity contribution >= 4 is 18.9 Å². The van der Waals surface area contributed by atoms with Gasteiger partial charge in [-0.25, -0.2) is 4.67 Å². The van der Waals surface area contributed by atoms with Crippen LogP contribution in [0.1, 0.15) is 26.7 Å². The number of rotatable bonds is 0. The Morgan fingerprint density at radius 1 is 1.64 bits per heavy atom. The molecule has 2 aliphatic rings. The van der Waals surface area contributed by atoms with Crippen LogP contribution in [0.15, 0.2) is 0 Å². The first kappa shape index (κ1) is 8.25. The predicted octanol–water partition coefficient (Wildman–Crippen LogP) is 2.73. The van der Waals surface area contributed by atoms with E-state index in [1.165, 1.54) is 12.8 Å². The third-order valence-electron chi connectivity index (χ3n) is 2.54. The molecule has 11 heavy (non-hydrogen) atoms. The van der Waals surface area contributed by atoms with Crippen LogP contribution in [0, 0.1) is 0 Å². The van der Waals surface area contributed by atoms with E-state index in [2.05, 4.69) is 18.5 Å². The van der Waals surface area contributed by atoms with Crippen molar-refractivity contribution < 1.29 is 4.52 Å². The van der Waals surface area contributed by atoms with Crippen LogP contribution in [0.5, 0.6) is 0 Å². The molecule has 0 aromatic heterocycles. The van der Waals surface area contributed by atoms with E-state index in [9.17, 15) is 0 Å². The minimum absolute atomic E-state index is 0.00997. The molecule has 0 bridgehead atoms. The first-order valence-electron chi connectivity index (χ1n) is 4.03. The minimum atomic E-state index is -0.788. The molecule has 4 heteroatoms. The van der Waals surface area contributed by atoms with Gasteiger partial charge in [-0.2, -0.15) is 0 Å². The van der Waals surface area contributed by atoms with Gasteiger partial charge in [0.05, 0.1) is 5.60 Å². The van der Waals surface area contributed by atoms with E-state index in [1.54, 1.807) is 0 Å². The summed E-state index contributed by atoms with van der Waals surface area (Å²) in [6.45, 7) is 5.41. The van der Waals surface area contributed by atoms with Gasteiger partial charge in [-0.3, -0.25) is 0 Å². The average Bonchev–Trinajstić information content (AvgIpc) is 2.37. The van der Waals surface area contributed by atoms with Crippen LogP contribution in [0.25, 0.3) is 0 Å². The van der Waals surface area contributed by atoms with Crippen molar-refractivity contribution in [3.8, 4) is 0 Å². The molecule has 0 amide bonds. The lowest BCUT2D eigenvalue weighted by molar-refractivity contribution is 0.113. The number of hydrogen-bond acceptors (Lipinski definition) is 2. The molecule has 2 atom stereocenters. The van der Waals surface area contributed by atoms with Gasteiger partial charge in [-0.15, -0.1) is 0 Å². The zero-order valence-electron chi connectivity index (χ0n) is 6.88. The largest absolute Gasteiger partial charge is 0.324 e. The van der Waals surface area contributed by atoms with Crippen molar-refractivity contribution in [2.45, 2.75) is 38.3 Å². The highest BCUT2D eigenvalue weighted by molar-refractivity contribution is 7.78. The summed E-state index contributed by atoms with van der Waals surface area (Å²) in [6, 6.07) is 0.575.